The molecular formula is C15H15N3S. The Morgan fingerprint density at radius 1 is 1.16 bits per heavy atom. The monoisotopic (exact) mass is 269 g/mol. The van der Waals surface area contributed by atoms with E-state index in [1.165, 1.54) is 21.2 Å². The zero-order valence-electron chi connectivity index (χ0n) is 10.4. The summed E-state index contributed by atoms with van der Waals surface area (Å²) in [4.78, 5) is 4.04. The van der Waals surface area contributed by atoms with Crippen LogP contribution in [-0.4, -0.2) is 4.98 Å². The quantitative estimate of drug-likeness (QED) is 0.565. The lowest BCUT2D eigenvalue weighted by atomic mass is 9.99. The molecule has 3 N–H and O–H groups in total. The van der Waals surface area contributed by atoms with Crippen molar-refractivity contribution in [3.63, 3.8) is 0 Å². The lowest BCUT2D eigenvalue weighted by molar-refractivity contribution is 0.556. The number of nitrogens with one attached hydrogen (secondary N) is 1. The number of rotatable bonds is 4. The molecule has 0 saturated heterocycles. The lowest BCUT2D eigenvalue weighted by Crippen LogP contribution is -2.29. The number of benzene rings is 1. The number of nitrogens with zero attached hydrogens (tertiary/aromatic N) is 1. The molecule has 0 aliphatic heterocycles. The fraction of sp³-hybridized carbons (Fsp3) is 0.133. The average molecular weight is 269 g/mol. The molecule has 1 atom stereocenters. The van der Waals surface area contributed by atoms with Crippen molar-refractivity contribution in [3.05, 3.63) is 65.3 Å². The number of hydrogen-bond donors (Lipinski definition) is 2. The van der Waals surface area contributed by atoms with Gasteiger partial charge in [0.15, 0.2) is 0 Å². The maximum absolute atomic E-state index is 5.75. The predicted molar refractivity (Wildman–Crippen MR) is 79.8 cm³/mol. The molecular weight excluding hydrogens is 254 g/mol. The zero-order chi connectivity index (χ0) is 13.1. The second-order valence-corrected chi connectivity index (χ2v) is 5.38. The molecule has 0 spiro atoms. The van der Waals surface area contributed by atoms with Crippen LogP contribution in [0.25, 0.3) is 10.1 Å². The van der Waals surface area contributed by atoms with E-state index in [0.717, 1.165) is 6.42 Å². The zero-order valence-corrected chi connectivity index (χ0v) is 11.2. The fourth-order valence-corrected chi connectivity index (χ4v) is 3.27. The normalized spacial score (nSPS) is 12.7. The largest absolute Gasteiger partial charge is 0.271 e. The van der Waals surface area contributed by atoms with Gasteiger partial charge >= 0.3 is 0 Å². The summed E-state index contributed by atoms with van der Waals surface area (Å²) in [5.74, 6) is 5.75. The third kappa shape index (κ3) is 2.51. The van der Waals surface area contributed by atoms with E-state index in [9.17, 15) is 0 Å². The number of fused-ring (bicyclic) bond motifs is 1. The van der Waals surface area contributed by atoms with Crippen LogP contribution in [0.2, 0.25) is 0 Å². The van der Waals surface area contributed by atoms with E-state index in [0.29, 0.717) is 0 Å². The van der Waals surface area contributed by atoms with Gasteiger partial charge in [-0.3, -0.25) is 16.3 Å². The number of aromatic nitrogens is 1. The van der Waals surface area contributed by atoms with Gasteiger partial charge in [0.05, 0.1) is 6.04 Å². The molecule has 0 saturated carbocycles. The van der Waals surface area contributed by atoms with Crippen LogP contribution >= 0.6 is 11.3 Å². The molecule has 3 aromatic rings. The van der Waals surface area contributed by atoms with Crippen molar-refractivity contribution in [1.82, 2.24) is 10.4 Å². The molecule has 0 radical (unpaired) electrons. The van der Waals surface area contributed by atoms with Crippen LogP contribution < -0.4 is 11.3 Å². The van der Waals surface area contributed by atoms with Crippen LogP contribution in [0.4, 0.5) is 0 Å². The van der Waals surface area contributed by atoms with Gasteiger partial charge in [0.1, 0.15) is 0 Å². The molecule has 0 amide bonds. The van der Waals surface area contributed by atoms with Crippen LogP contribution in [0.15, 0.2) is 54.2 Å². The highest BCUT2D eigenvalue weighted by Gasteiger charge is 2.14. The van der Waals surface area contributed by atoms with Crippen molar-refractivity contribution < 1.29 is 0 Å². The number of pyridine rings is 1. The standard InChI is InChI=1S/C15H15N3S/c16-18-14(10-11-4-7-17-8-5-11)13-3-1-2-12-6-9-19-15(12)13/h1-9,14,18H,10,16H2. The van der Waals surface area contributed by atoms with E-state index in [4.69, 9.17) is 5.84 Å². The Hall–Kier alpha value is -1.75. The van der Waals surface area contributed by atoms with E-state index in [1.54, 1.807) is 11.3 Å². The SMILES string of the molecule is NNC(Cc1ccncc1)c1cccc2ccsc12. The second kappa shape index (κ2) is 5.48. The molecule has 0 fully saturated rings. The molecule has 19 heavy (non-hydrogen) atoms. The predicted octanol–water partition coefficient (Wildman–Crippen LogP) is 3.04. The highest BCUT2D eigenvalue weighted by Crippen LogP contribution is 2.30. The summed E-state index contributed by atoms with van der Waals surface area (Å²) in [6, 6.07) is 12.7. The summed E-state index contributed by atoms with van der Waals surface area (Å²) >= 11 is 1.76. The van der Waals surface area contributed by atoms with E-state index >= 15 is 0 Å². The minimum atomic E-state index is 0.116. The van der Waals surface area contributed by atoms with E-state index in [2.05, 4.69) is 40.1 Å². The Kier molecular flexibility index (Phi) is 3.55. The first-order valence-electron chi connectivity index (χ1n) is 6.19. The van der Waals surface area contributed by atoms with Crippen molar-refractivity contribution in [1.29, 1.82) is 0 Å². The van der Waals surface area contributed by atoms with Gasteiger partial charge in [-0.25, -0.2) is 0 Å². The summed E-state index contributed by atoms with van der Waals surface area (Å²) in [5.41, 5.74) is 5.42. The van der Waals surface area contributed by atoms with Gasteiger partial charge in [-0.05, 0) is 46.5 Å². The first-order chi connectivity index (χ1) is 9.38. The van der Waals surface area contributed by atoms with Crippen molar-refractivity contribution >= 4 is 21.4 Å². The van der Waals surface area contributed by atoms with Gasteiger partial charge in [-0.2, -0.15) is 0 Å². The van der Waals surface area contributed by atoms with E-state index < -0.39 is 0 Å². The maximum Gasteiger partial charge on any atom is 0.0514 e. The van der Waals surface area contributed by atoms with Gasteiger partial charge in [0.25, 0.3) is 0 Å². The number of thiophene rings is 1. The Morgan fingerprint density at radius 2 is 2.00 bits per heavy atom. The van der Waals surface area contributed by atoms with Crippen LogP contribution in [-0.2, 0) is 6.42 Å². The molecule has 1 aromatic carbocycles. The molecule has 0 bridgehead atoms. The van der Waals surface area contributed by atoms with Gasteiger partial charge in [0, 0.05) is 17.1 Å². The molecule has 2 aromatic heterocycles. The first-order valence-corrected chi connectivity index (χ1v) is 7.07. The smallest absolute Gasteiger partial charge is 0.0514 e. The van der Waals surface area contributed by atoms with Crippen LogP contribution in [0.1, 0.15) is 17.2 Å². The second-order valence-electron chi connectivity index (χ2n) is 4.47. The molecule has 96 valence electrons. The average Bonchev–Trinajstić information content (AvgIpc) is 2.94. The Bertz CT molecular complexity index is 663. The van der Waals surface area contributed by atoms with Crippen molar-refractivity contribution in [2.45, 2.75) is 12.5 Å². The molecule has 0 aliphatic rings. The first kappa shape index (κ1) is 12.3. The van der Waals surface area contributed by atoms with Crippen LogP contribution in [0, 0.1) is 0 Å². The highest BCUT2D eigenvalue weighted by atomic mass is 32.1. The van der Waals surface area contributed by atoms with Crippen LogP contribution in [0.3, 0.4) is 0 Å². The van der Waals surface area contributed by atoms with E-state index in [1.807, 2.05) is 24.5 Å². The van der Waals surface area contributed by atoms with Gasteiger partial charge < -0.3 is 0 Å². The Morgan fingerprint density at radius 3 is 2.79 bits per heavy atom. The summed E-state index contributed by atoms with van der Waals surface area (Å²) in [6.45, 7) is 0. The molecule has 1 unspecified atom stereocenters. The highest BCUT2D eigenvalue weighted by molar-refractivity contribution is 7.17. The summed E-state index contributed by atoms with van der Waals surface area (Å²) in [5, 5.41) is 3.39. The number of hydrazine groups is 1. The van der Waals surface area contributed by atoms with Gasteiger partial charge in [0.2, 0.25) is 0 Å². The molecule has 3 rings (SSSR count). The molecule has 4 heteroatoms. The summed E-state index contributed by atoms with van der Waals surface area (Å²) < 4.78 is 1.31. The molecule has 3 nitrogen and oxygen atoms in total. The van der Waals surface area contributed by atoms with Crippen molar-refractivity contribution in [2.24, 2.45) is 5.84 Å². The van der Waals surface area contributed by atoms with Gasteiger partial charge in [-0.15, -0.1) is 11.3 Å². The minimum absolute atomic E-state index is 0.116. The lowest BCUT2D eigenvalue weighted by Gasteiger charge is -2.17. The number of hydrogen-bond acceptors (Lipinski definition) is 4. The summed E-state index contributed by atoms with van der Waals surface area (Å²) in [7, 11) is 0. The molecule has 2 heterocycles. The Labute approximate surface area is 116 Å². The van der Waals surface area contributed by atoms with Crippen LogP contribution in [0.5, 0.6) is 0 Å². The topological polar surface area (TPSA) is 50.9 Å². The summed E-state index contributed by atoms with van der Waals surface area (Å²) in [6.07, 6.45) is 4.49. The fourth-order valence-electron chi connectivity index (χ4n) is 2.30. The van der Waals surface area contributed by atoms with Crippen molar-refractivity contribution in [2.75, 3.05) is 0 Å². The number of nitrogens with two attached hydrogens (primary N) is 1. The van der Waals surface area contributed by atoms with Gasteiger partial charge in [-0.1, -0.05) is 18.2 Å². The van der Waals surface area contributed by atoms with Crippen molar-refractivity contribution in [3.8, 4) is 0 Å². The third-order valence-corrected chi connectivity index (χ3v) is 4.25. The molecule has 0 aliphatic carbocycles. The maximum atomic E-state index is 5.75. The van der Waals surface area contributed by atoms with E-state index in [-0.39, 0.29) is 6.04 Å². The third-order valence-electron chi connectivity index (χ3n) is 3.28. The minimum Gasteiger partial charge on any atom is -0.271 e. The Balaban J connectivity index is 1.96.